The zero-order valence-corrected chi connectivity index (χ0v) is 12.2. The molecule has 20 heavy (non-hydrogen) atoms. The van der Waals surface area contributed by atoms with Crippen molar-refractivity contribution in [1.82, 2.24) is 14.9 Å². The molecule has 110 valence electrons. The van der Waals surface area contributed by atoms with Crippen molar-refractivity contribution >= 4 is 11.6 Å². The van der Waals surface area contributed by atoms with Crippen LogP contribution >= 0.6 is 0 Å². The smallest absolute Gasteiger partial charge is 0.145 e. The largest absolute Gasteiger partial charge is 0.358 e. The quantitative estimate of drug-likeness (QED) is 0.600. The van der Waals surface area contributed by atoms with E-state index in [1.165, 1.54) is 38.8 Å². The van der Waals surface area contributed by atoms with Crippen molar-refractivity contribution in [3.8, 4) is 0 Å². The molecule has 2 fully saturated rings. The van der Waals surface area contributed by atoms with Gasteiger partial charge in [-0.2, -0.15) is 0 Å². The van der Waals surface area contributed by atoms with Crippen molar-refractivity contribution in [2.45, 2.75) is 31.6 Å². The zero-order valence-electron chi connectivity index (χ0n) is 12.2. The van der Waals surface area contributed by atoms with Crippen molar-refractivity contribution in [1.29, 1.82) is 0 Å². The summed E-state index contributed by atoms with van der Waals surface area (Å²) < 4.78 is 0. The van der Waals surface area contributed by atoms with E-state index in [0.717, 1.165) is 24.7 Å². The van der Waals surface area contributed by atoms with Gasteiger partial charge in [0.15, 0.2) is 0 Å². The fraction of sp³-hybridized carbons (Fsp3) is 0.714. The SMILES string of the molecule is CN(CCN1CCCC1)c1cc(NN)nc(C2CC2)n1. The van der Waals surface area contributed by atoms with Crippen LogP contribution in [0.15, 0.2) is 6.07 Å². The molecular formula is C14H24N6. The van der Waals surface area contributed by atoms with E-state index in [0.29, 0.717) is 11.7 Å². The molecule has 0 aromatic carbocycles. The van der Waals surface area contributed by atoms with Gasteiger partial charge in [-0.05, 0) is 38.8 Å². The maximum absolute atomic E-state index is 5.51. The molecule has 1 aliphatic carbocycles. The molecule has 2 heterocycles. The zero-order chi connectivity index (χ0) is 13.9. The Morgan fingerprint density at radius 2 is 2.10 bits per heavy atom. The van der Waals surface area contributed by atoms with Crippen molar-refractivity contribution < 1.29 is 0 Å². The van der Waals surface area contributed by atoms with Crippen molar-refractivity contribution in [3.05, 3.63) is 11.9 Å². The lowest BCUT2D eigenvalue weighted by Gasteiger charge is -2.23. The topological polar surface area (TPSA) is 70.3 Å². The Balaban J connectivity index is 1.65. The number of likely N-dealkylation sites (tertiary alicyclic amines) is 1. The van der Waals surface area contributed by atoms with Crippen LogP contribution in [0.5, 0.6) is 0 Å². The lowest BCUT2D eigenvalue weighted by Crippen LogP contribution is -2.32. The minimum absolute atomic E-state index is 0.536. The first-order valence-electron chi connectivity index (χ1n) is 7.55. The van der Waals surface area contributed by atoms with Crippen LogP contribution in [0.4, 0.5) is 11.6 Å². The van der Waals surface area contributed by atoms with Gasteiger partial charge in [-0.3, -0.25) is 0 Å². The Morgan fingerprint density at radius 3 is 2.75 bits per heavy atom. The van der Waals surface area contributed by atoms with Crippen LogP contribution in [0.2, 0.25) is 0 Å². The minimum atomic E-state index is 0.536. The highest BCUT2D eigenvalue weighted by atomic mass is 15.3. The fourth-order valence-electron chi connectivity index (χ4n) is 2.66. The molecule has 1 aromatic rings. The van der Waals surface area contributed by atoms with Crippen molar-refractivity contribution in [2.24, 2.45) is 5.84 Å². The molecule has 0 bridgehead atoms. The molecule has 2 aliphatic rings. The summed E-state index contributed by atoms with van der Waals surface area (Å²) in [6, 6.07) is 1.93. The van der Waals surface area contributed by atoms with Gasteiger partial charge < -0.3 is 15.2 Å². The predicted octanol–water partition coefficient (Wildman–Crippen LogP) is 1.17. The molecule has 0 radical (unpaired) electrons. The van der Waals surface area contributed by atoms with Gasteiger partial charge in [0, 0.05) is 32.1 Å². The second kappa shape index (κ2) is 5.93. The highest BCUT2D eigenvalue weighted by molar-refractivity contribution is 5.49. The number of rotatable bonds is 6. The minimum Gasteiger partial charge on any atom is -0.358 e. The summed E-state index contributed by atoms with van der Waals surface area (Å²) in [7, 11) is 2.09. The van der Waals surface area contributed by atoms with Crippen LogP contribution in [0, 0.1) is 0 Å². The number of aromatic nitrogens is 2. The second-order valence-electron chi connectivity index (χ2n) is 5.86. The van der Waals surface area contributed by atoms with Crippen LogP contribution in [0.3, 0.4) is 0 Å². The highest BCUT2D eigenvalue weighted by Gasteiger charge is 2.27. The van der Waals surface area contributed by atoms with Crippen molar-refractivity contribution in [3.63, 3.8) is 0 Å². The molecule has 3 N–H and O–H groups in total. The average molecular weight is 276 g/mol. The van der Waals surface area contributed by atoms with E-state index in [2.05, 4.69) is 32.2 Å². The average Bonchev–Trinajstić information content (AvgIpc) is 3.21. The lowest BCUT2D eigenvalue weighted by atomic mass is 10.3. The standard InChI is InChI=1S/C14H24N6/c1-19(8-9-20-6-2-3-7-20)13-10-12(18-15)16-14(17-13)11-4-5-11/h10-11H,2-9,15H2,1H3,(H,16,17,18). The summed E-state index contributed by atoms with van der Waals surface area (Å²) in [5.41, 5.74) is 2.65. The van der Waals surface area contributed by atoms with E-state index in [9.17, 15) is 0 Å². The molecule has 3 rings (SSSR count). The number of nitrogens with zero attached hydrogens (tertiary/aromatic N) is 4. The van der Waals surface area contributed by atoms with Crippen LogP contribution in [-0.2, 0) is 0 Å². The lowest BCUT2D eigenvalue weighted by molar-refractivity contribution is 0.346. The number of nitrogens with one attached hydrogen (secondary N) is 1. The fourth-order valence-corrected chi connectivity index (χ4v) is 2.66. The molecule has 0 amide bonds. The first-order valence-corrected chi connectivity index (χ1v) is 7.55. The van der Waals surface area contributed by atoms with E-state index in [-0.39, 0.29) is 0 Å². The maximum Gasteiger partial charge on any atom is 0.145 e. The number of nitrogens with two attached hydrogens (primary N) is 1. The number of hydrazine groups is 1. The molecule has 0 unspecified atom stereocenters. The molecule has 6 nitrogen and oxygen atoms in total. The maximum atomic E-state index is 5.51. The van der Waals surface area contributed by atoms with Gasteiger partial charge in [0.1, 0.15) is 17.5 Å². The predicted molar refractivity (Wildman–Crippen MR) is 80.8 cm³/mol. The number of anilines is 2. The van der Waals surface area contributed by atoms with Gasteiger partial charge in [-0.25, -0.2) is 15.8 Å². The molecular weight excluding hydrogens is 252 g/mol. The number of nitrogen functional groups attached to an aromatic ring is 1. The summed E-state index contributed by atoms with van der Waals surface area (Å²) in [4.78, 5) is 13.9. The second-order valence-corrected chi connectivity index (χ2v) is 5.86. The van der Waals surface area contributed by atoms with E-state index < -0.39 is 0 Å². The van der Waals surface area contributed by atoms with Gasteiger partial charge in [-0.15, -0.1) is 0 Å². The van der Waals surface area contributed by atoms with E-state index in [4.69, 9.17) is 5.84 Å². The van der Waals surface area contributed by atoms with Gasteiger partial charge in [0.25, 0.3) is 0 Å². The third-order valence-corrected chi connectivity index (χ3v) is 4.16. The van der Waals surface area contributed by atoms with Gasteiger partial charge in [0.05, 0.1) is 0 Å². The van der Waals surface area contributed by atoms with E-state index >= 15 is 0 Å². The summed E-state index contributed by atoms with van der Waals surface area (Å²) in [6.45, 7) is 4.57. The molecule has 1 aliphatic heterocycles. The summed E-state index contributed by atoms with van der Waals surface area (Å²) >= 11 is 0. The van der Waals surface area contributed by atoms with E-state index in [1.807, 2.05) is 6.07 Å². The third-order valence-electron chi connectivity index (χ3n) is 4.16. The molecule has 1 saturated heterocycles. The summed E-state index contributed by atoms with van der Waals surface area (Å²) in [5, 5.41) is 0. The van der Waals surface area contributed by atoms with Crippen LogP contribution in [-0.4, -0.2) is 48.1 Å². The number of hydrogen-bond donors (Lipinski definition) is 2. The van der Waals surface area contributed by atoms with Gasteiger partial charge in [0.2, 0.25) is 0 Å². The molecule has 0 atom stereocenters. The van der Waals surface area contributed by atoms with Crippen LogP contribution in [0.1, 0.15) is 37.4 Å². The van der Waals surface area contributed by atoms with Crippen LogP contribution < -0.4 is 16.2 Å². The highest BCUT2D eigenvalue weighted by Crippen LogP contribution is 2.39. The number of likely N-dealkylation sites (N-methyl/N-ethyl adjacent to an activating group) is 1. The third kappa shape index (κ3) is 3.19. The molecule has 6 heteroatoms. The van der Waals surface area contributed by atoms with Crippen LogP contribution in [0.25, 0.3) is 0 Å². The Bertz CT molecular complexity index is 453. The molecule has 1 saturated carbocycles. The Kier molecular flexibility index (Phi) is 4.03. The van der Waals surface area contributed by atoms with Gasteiger partial charge >= 0.3 is 0 Å². The normalized spacial score (nSPS) is 19.3. The van der Waals surface area contributed by atoms with Crippen molar-refractivity contribution in [2.75, 3.05) is 43.6 Å². The number of hydrogen-bond acceptors (Lipinski definition) is 6. The Morgan fingerprint density at radius 1 is 1.35 bits per heavy atom. The Labute approximate surface area is 120 Å². The monoisotopic (exact) mass is 276 g/mol. The first kappa shape index (κ1) is 13.6. The Hall–Kier alpha value is -1.40. The summed E-state index contributed by atoms with van der Waals surface area (Å²) in [5.74, 6) is 8.66. The van der Waals surface area contributed by atoms with Gasteiger partial charge in [-0.1, -0.05) is 0 Å². The summed E-state index contributed by atoms with van der Waals surface area (Å²) in [6.07, 6.45) is 5.07. The first-order chi connectivity index (χ1) is 9.76. The molecule has 0 spiro atoms. The molecule has 1 aromatic heterocycles. The van der Waals surface area contributed by atoms with E-state index in [1.54, 1.807) is 0 Å².